The Morgan fingerprint density at radius 3 is 1.96 bits per heavy atom. The number of fused-ring (bicyclic) bond motifs is 5. The molecule has 0 aromatic rings. The van der Waals surface area contributed by atoms with Gasteiger partial charge in [-0.2, -0.15) is 0 Å². The first-order valence-corrected chi connectivity index (χ1v) is 27.7. The van der Waals surface area contributed by atoms with Crippen molar-refractivity contribution in [2.75, 3.05) is 26.9 Å². The van der Waals surface area contributed by atoms with Crippen LogP contribution in [0.3, 0.4) is 0 Å². The van der Waals surface area contributed by atoms with Crippen molar-refractivity contribution < 1.29 is 118 Å². The van der Waals surface area contributed by atoms with Crippen molar-refractivity contribution >= 4 is 5.97 Å². The summed E-state index contributed by atoms with van der Waals surface area (Å²) in [5.41, 5.74) is 0.645. The molecule has 9 fully saturated rings. The Bertz CT molecular complexity index is 2200. The number of hydrogen-bond donors (Lipinski definition) is 11. The maximum absolute atomic E-state index is 13.8. The number of methoxy groups -OCH3 is 1. The third-order valence-corrected chi connectivity index (χ3v) is 20.3. The summed E-state index contributed by atoms with van der Waals surface area (Å²) in [4.78, 5) is 13.8. The molecule has 6 aliphatic heterocycles. The van der Waals surface area contributed by atoms with Crippen molar-refractivity contribution in [3.05, 3.63) is 23.8 Å². The van der Waals surface area contributed by atoms with E-state index in [4.69, 9.17) is 56.8 Å². The lowest BCUT2D eigenvalue weighted by Gasteiger charge is -2.64. The molecule has 10 rings (SSSR count). The molecule has 6 saturated heterocycles. The van der Waals surface area contributed by atoms with Gasteiger partial charge in [0.1, 0.15) is 104 Å². The molecule has 4 aliphatic carbocycles. The Labute approximate surface area is 453 Å². The molecule has 10 aliphatic rings. The maximum atomic E-state index is 13.8. The third-order valence-electron chi connectivity index (χ3n) is 20.3. The van der Waals surface area contributed by atoms with Crippen molar-refractivity contribution in [1.82, 2.24) is 0 Å². The van der Waals surface area contributed by atoms with Gasteiger partial charge in [0.05, 0.1) is 43.5 Å². The van der Waals surface area contributed by atoms with Crippen LogP contribution in [-0.2, 0) is 61.6 Å². The van der Waals surface area contributed by atoms with Gasteiger partial charge in [0.2, 0.25) is 0 Å². The normalized spacial score (nSPS) is 54.8. The van der Waals surface area contributed by atoms with Gasteiger partial charge >= 0.3 is 5.97 Å². The molecule has 2 bridgehead atoms. The summed E-state index contributed by atoms with van der Waals surface area (Å²) in [6, 6.07) is 0. The highest BCUT2D eigenvalue weighted by molar-refractivity contribution is 5.84. The van der Waals surface area contributed by atoms with Crippen LogP contribution in [0.15, 0.2) is 23.8 Å². The Morgan fingerprint density at radius 1 is 0.654 bits per heavy atom. The molecule has 444 valence electrons. The van der Waals surface area contributed by atoms with Gasteiger partial charge in [-0.05, 0) is 82.0 Å². The molecule has 78 heavy (non-hydrogen) atoms. The summed E-state index contributed by atoms with van der Waals surface area (Å²) in [7, 11) is 1.25. The van der Waals surface area contributed by atoms with Crippen molar-refractivity contribution in [3.63, 3.8) is 0 Å². The van der Waals surface area contributed by atoms with E-state index in [1.54, 1.807) is 0 Å². The second-order valence-corrected chi connectivity index (χ2v) is 25.0. The molecule has 0 radical (unpaired) electrons. The predicted molar refractivity (Wildman–Crippen MR) is 263 cm³/mol. The first kappa shape index (κ1) is 59.2. The number of esters is 1. The fraction of sp³-hybridized carbons (Fsp3) is 0.907. The Hall–Kier alpha value is -1.93. The topological polar surface area (TPSA) is 350 Å². The minimum Gasteiger partial charge on any atom is -0.461 e. The van der Waals surface area contributed by atoms with Crippen LogP contribution in [0, 0.1) is 39.4 Å². The number of carbonyl (C=O) groups excluding carboxylic acids is 1. The van der Waals surface area contributed by atoms with Gasteiger partial charge in [0.15, 0.2) is 31.5 Å². The van der Waals surface area contributed by atoms with Crippen LogP contribution in [0.2, 0.25) is 0 Å². The molecule has 11 N–H and O–H groups in total. The molecular weight excluding hydrogens is 1030 g/mol. The molecular formula is C54H84O24. The number of allylic oxidation sites excluding steroid dienone is 2. The molecule has 24 heteroatoms. The average molecular weight is 1120 g/mol. The highest BCUT2D eigenvalue weighted by atomic mass is 16.8. The Balaban J connectivity index is 0.888. The minimum atomic E-state index is -1.92. The predicted octanol–water partition coefficient (Wildman–Crippen LogP) is -1.85. The number of rotatable bonds is 13. The van der Waals surface area contributed by atoms with Gasteiger partial charge in [0.25, 0.3) is 0 Å². The lowest BCUT2D eigenvalue weighted by atomic mass is 9.40. The van der Waals surface area contributed by atoms with E-state index in [2.05, 4.69) is 40.3 Å². The summed E-state index contributed by atoms with van der Waals surface area (Å²) < 4.78 is 72.5. The summed E-state index contributed by atoms with van der Waals surface area (Å²) in [5, 5.41) is 122. The van der Waals surface area contributed by atoms with E-state index in [0.717, 1.165) is 31.3 Å². The minimum absolute atomic E-state index is 0.0271. The standard InChI is InChI=1S/C54H84O24/c1-20(2)31-27-16-53(8)24-10-11-29-51(5,6)30(13-14-52(29,7)23(24)12-15-54(31,53)50(66)73-27)74-48-43(33(59)25(56)18-69-48)78-49-44(77-46-36(62)35(61)32(58)21(3)70-46)37(63)40(22(4)71-49)75-47-39(65)42(34(60)28(17-55)72-47)76-45-38(64)41(67-9)26(57)19-68-45/h10,21-23,25-49,55-65H,1,11-19H2,2-9H3/t21-,22-,23+,25-,26-,27+,28-,29+,30+,31+,32-,33+,34-,35+,36-,37+,38-,39-,40-,41+,42+,43-,44-,45+,46+,47+,48+,49+,52-,53+,54-/m1/s1. The van der Waals surface area contributed by atoms with Crippen LogP contribution in [0.4, 0.5) is 0 Å². The largest absolute Gasteiger partial charge is 0.461 e. The van der Waals surface area contributed by atoms with E-state index in [0.29, 0.717) is 12.8 Å². The summed E-state index contributed by atoms with van der Waals surface area (Å²) in [6.07, 6.45) is -30.3. The molecule has 31 atom stereocenters. The van der Waals surface area contributed by atoms with Gasteiger partial charge in [-0.25, -0.2) is 0 Å². The zero-order chi connectivity index (χ0) is 56.5. The number of carbonyl (C=O) groups is 1. The van der Waals surface area contributed by atoms with Crippen molar-refractivity contribution in [3.8, 4) is 0 Å². The van der Waals surface area contributed by atoms with Crippen LogP contribution in [-0.4, -0.2) is 243 Å². The number of aliphatic hydroxyl groups is 11. The number of aliphatic hydroxyl groups excluding tert-OH is 11. The van der Waals surface area contributed by atoms with Crippen LogP contribution in [0.25, 0.3) is 0 Å². The number of ether oxygens (including phenoxy) is 12. The van der Waals surface area contributed by atoms with E-state index >= 15 is 0 Å². The lowest BCUT2D eigenvalue weighted by Crippen LogP contribution is -2.67. The first-order valence-electron chi connectivity index (χ1n) is 27.7. The van der Waals surface area contributed by atoms with Crippen molar-refractivity contribution in [2.24, 2.45) is 39.4 Å². The summed E-state index contributed by atoms with van der Waals surface area (Å²) in [6.45, 7) is 16.7. The third kappa shape index (κ3) is 9.40. The van der Waals surface area contributed by atoms with E-state index in [1.165, 1.54) is 26.5 Å². The van der Waals surface area contributed by atoms with Crippen LogP contribution >= 0.6 is 0 Å². The van der Waals surface area contributed by atoms with Crippen molar-refractivity contribution in [1.29, 1.82) is 0 Å². The molecule has 0 unspecified atom stereocenters. The van der Waals surface area contributed by atoms with Gasteiger partial charge < -0.3 is 113 Å². The van der Waals surface area contributed by atoms with E-state index in [-0.39, 0.29) is 53.9 Å². The van der Waals surface area contributed by atoms with Gasteiger partial charge in [0, 0.05) is 18.4 Å². The van der Waals surface area contributed by atoms with Gasteiger partial charge in [-0.15, -0.1) is 0 Å². The smallest absolute Gasteiger partial charge is 0.314 e. The van der Waals surface area contributed by atoms with Crippen molar-refractivity contribution in [2.45, 2.75) is 241 Å². The molecule has 6 heterocycles. The van der Waals surface area contributed by atoms with Gasteiger partial charge in [-0.1, -0.05) is 51.5 Å². The zero-order valence-electron chi connectivity index (χ0n) is 45.5. The summed E-state index contributed by atoms with van der Waals surface area (Å²) in [5.74, 6) is 0.179. The molecule has 1 spiro atoms. The van der Waals surface area contributed by atoms with E-state index in [1.807, 2.05) is 6.92 Å². The molecule has 24 nitrogen and oxygen atoms in total. The van der Waals surface area contributed by atoms with Crippen LogP contribution < -0.4 is 0 Å². The number of hydrogen-bond acceptors (Lipinski definition) is 24. The average Bonchev–Trinajstić information content (AvgIpc) is 4.06. The molecule has 3 saturated carbocycles. The lowest BCUT2D eigenvalue weighted by molar-refractivity contribution is -0.405. The Kier molecular flexibility index (Phi) is 16.6. The van der Waals surface area contributed by atoms with E-state index < -0.39 is 165 Å². The van der Waals surface area contributed by atoms with Crippen LogP contribution in [0.5, 0.6) is 0 Å². The molecule has 0 amide bonds. The zero-order valence-corrected chi connectivity index (χ0v) is 45.5. The fourth-order valence-electron chi connectivity index (χ4n) is 16.1. The second-order valence-electron chi connectivity index (χ2n) is 25.0. The fourth-order valence-corrected chi connectivity index (χ4v) is 16.1. The first-order chi connectivity index (χ1) is 36.7. The quantitative estimate of drug-likeness (QED) is 0.0713. The Morgan fingerprint density at radius 2 is 1.27 bits per heavy atom. The molecule has 0 aromatic carbocycles. The van der Waals surface area contributed by atoms with Crippen LogP contribution in [0.1, 0.15) is 87.0 Å². The van der Waals surface area contributed by atoms with Gasteiger partial charge in [-0.3, -0.25) is 4.79 Å². The van der Waals surface area contributed by atoms with E-state index in [9.17, 15) is 61.0 Å². The second kappa shape index (κ2) is 21.9. The SMILES string of the molecule is C=C(C)[C@H]1[C@@H]2C[C@@]3(C)C4=CC[C@H]5C(C)(C)[C@@H](O[C@@H]6OC[C@@H](O)[C@H](O)[C@H]6O[C@@H]6O[C@H](C)[C@@H](O[C@@H]7O[C@H](CO)[C@@H](O)[C@H](O[C@@H]8OC[C@@H](O)[C@H](OC)[C@H]8O)[C@H]7O)[C@H](O)[C@H]6O[C@@H]6O[C@H](C)[C@@H](O)[C@H](O)[C@H]6O)CC[C@]5(C)[C@H]4CC[C@]13C(=O)O2. The summed E-state index contributed by atoms with van der Waals surface area (Å²) >= 11 is 0. The monoisotopic (exact) mass is 1120 g/mol. The highest BCUT2D eigenvalue weighted by Gasteiger charge is 2.76. The molecule has 0 aromatic heterocycles. The maximum Gasteiger partial charge on any atom is 0.314 e. The highest BCUT2D eigenvalue weighted by Crippen LogP contribution is 2.76.